The number of carbonyl (C=O) groups is 2. The van der Waals surface area contributed by atoms with E-state index < -0.39 is 15.9 Å². The van der Waals surface area contributed by atoms with Crippen LogP contribution in [-0.4, -0.2) is 33.0 Å². The number of ether oxygens (including phenoxy) is 1. The molecule has 0 radical (unpaired) electrons. The molecule has 0 bridgehead atoms. The Hall–Kier alpha value is -3.65. The molecule has 4 rings (SSSR count). The summed E-state index contributed by atoms with van der Waals surface area (Å²) in [5.41, 5.74) is 3.98. The van der Waals surface area contributed by atoms with Gasteiger partial charge in [-0.05, 0) is 58.8 Å². The molecule has 0 aliphatic rings. The lowest BCUT2D eigenvalue weighted by atomic mass is 10.0. The lowest BCUT2D eigenvalue weighted by Crippen LogP contribution is -2.47. The molecule has 4 aromatic rings. The van der Waals surface area contributed by atoms with Crippen molar-refractivity contribution in [2.75, 3.05) is 0 Å². The van der Waals surface area contributed by atoms with E-state index in [1.165, 1.54) is 18.6 Å². The summed E-state index contributed by atoms with van der Waals surface area (Å²) in [7, 11) is 0. The number of nitrogens with one attached hydrogen (secondary N) is 2. The van der Waals surface area contributed by atoms with Crippen LogP contribution >= 0.6 is 34.8 Å². The van der Waals surface area contributed by atoms with Gasteiger partial charge in [0.25, 0.3) is 11.8 Å². The molecule has 0 unspecified atom stereocenters. The molecule has 0 fully saturated rings. The van der Waals surface area contributed by atoms with Gasteiger partial charge in [-0.1, -0.05) is 71.2 Å². The van der Waals surface area contributed by atoms with E-state index in [1.807, 2.05) is 30.3 Å². The van der Waals surface area contributed by atoms with Crippen LogP contribution in [0.1, 0.15) is 26.3 Å². The van der Waals surface area contributed by atoms with Crippen LogP contribution in [0.4, 0.5) is 0 Å². The zero-order chi connectivity index (χ0) is 25.5. The van der Waals surface area contributed by atoms with Gasteiger partial charge in [0, 0.05) is 23.5 Å². The average Bonchev–Trinajstić information content (AvgIpc) is 2.88. The van der Waals surface area contributed by atoms with E-state index >= 15 is 0 Å². The number of aromatic nitrogens is 1. The molecule has 182 valence electrons. The fraction of sp³-hybridized carbons (Fsp3) is 0.0769. The number of hydrogen-bond donors (Lipinski definition) is 2. The summed E-state index contributed by atoms with van der Waals surface area (Å²) >= 11 is 18.3. The number of amides is 2. The number of rotatable bonds is 7. The van der Waals surface area contributed by atoms with Crippen LogP contribution in [0.15, 0.2) is 96.4 Å². The van der Waals surface area contributed by atoms with Crippen molar-refractivity contribution < 1.29 is 14.3 Å². The van der Waals surface area contributed by atoms with Gasteiger partial charge in [-0.2, -0.15) is 5.10 Å². The molecular formula is C26H19Cl3N4O3. The predicted molar refractivity (Wildman–Crippen MR) is 142 cm³/mol. The van der Waals surface area contributed by atoms with Crippen molar-refractivity contribution >= 4 is 63.6 Å². The molecule has 7 nitrogen and oxygen atoms in total. The van der Waals surface area contributed by atoms with Gasteiger partial charge in [0.05, 0.1) is 6.21 Å². The highest BCUT2D eigenvalue weighted by Gasteiger charge is 2.36. The van der Waals surface area contributed by atoms with Crippen LogP contribution in [-0.2, 0) is 0 Å². The maximum absolute atomic E-state index is 13.0. The topological polar surface area (TPSA) is 92.7 Å². The summed E-state index contributed by atoms with van der Waals surface area (Å²) in [5, 5.41) is 8.27. The first kappa shape index (κ1) is 25.4. The number of carbonyl (C=O) groups excluding carboxylic acids is 2. The third-order valence-electron chi connectivity index (χ3n) is 5.05. The number of alkyl halides is 3. The van der Waals surface area contributed by atoms with Gasteiger partial charge < -0.3 is 10.1 Å². The second-order valence-electron chi connectivity index (χ2n) is 7.54. The quantitative estimate of drug-likeness (QED) is 0.140. The predicted octanol–water partition coefficient (Wildman–Crippen LogP) is 5.50. The van der Waals surface area contributed by atoms with Gasteiger partial charge in [-0.3, -0.25) is 14.6 Å². The van der Waals surface area contributed by atoms with Crippen molar-refractivity contribution in [3.8, 4) is 5.75 Å². The first-order valence-electron chi connectivity index (χ1n) is 10.7. The number of fused-ring (bicyclic) bond motifs is 1. The van der Waals surface area contributed by atoms with Crippen molar-refractivity contribution in [2.24, 2.45) is 5.10 Å². The largest absolute Gasteiger partial charge is 0.466 e. The first-order chi connectivity index (χ1) is 17.3. The van der Waals surface area contributed by atoms with Crippen LogP contribution in [0, 0.1) is 0 Å². The zero-order valence-electron chi connectivity index (χ0n) is 18.6. The summed E-state index contributed by atoms with van der Waals surface area (Å²) in [6.45, 7) is 0. The SMILES string of the molecule is O=C(N/N=C\c1ccc(O[C@@H](NC(=O)c2cccc3ccccc23)C(Cl)(Cl)Cl)cc1)c1ccncc1. The van der Waals surface area contributed by atoms with E-state index in [4.69, 9.17) is 39.5 Å². The Morgan fingerprint density at radius 3 is 2.31 bits per heavy atom. The molecule has 1 heterocycles. The monoisotopic (exact) mass is 540 g/mol. The second-order valence-corrected chi connectivity index (χ2v) is 9.91. The minimum atomic E-state index is -1.95. The van der Waals surface area contributed by atoms with Gasteiger partial charge in [-0.25, -0.2) is 5.43 Å². The molecule has 0 saturated carbocycles. The van der Waals surface area contributed by atoms with Crippen LogP contribution in [0.5, 0.6) is 5.75 Å². The Morgan fingerprint density at radius 1 is 0.889 bits per heavy atom. The minimum absolute atomic E-state index is 0.350. The highest BCUT2D eigenvalue weighted by atomic mass is 35.6. The molecule has 0 saturated heterocycles. The molecule has 0 aliphatic carbocycles. The van der Waals surface area contributed by atoms with Crippen LogP contribution in [0.25, 0.3) is 10.8 Å². The van der Waals surface area contributed by atoms with Gasteiger partial charge >= 0.3 is 0 Å². The average molecular weight is 542 g/mol. The smallest absolute Gasteiger partial charge is 0.271 e. The Morgan fingerprint density at radius 2 is 1.58 bits per heavy atom. The highest BCUT2D eigenvalue weighted by Crippen LogP contribution is 2.32. The third-order valence-corrected chi connectivity index (χ3v) is 5.64. The molecular weight excluding hydrogens is 523 g/mol. The van der Waals surface area contributed by atoms with E-state index in [0.29, 0.717) is 22.4 Å². The van der Waals surface area contributed by atoms with Gasteiger partial charge in [-0.15, -0.1) is 0 Å². The summed E-state index contributed by atoms with van der Waals surface area (Å²) in [5.74, 6) is -0.458. The summed E-state index contributed by atoms with van der Waals surface area (Å²) in [6, 6.07) is 22.7. The maximum atomic E-state index is 13.0. The Bertz CT molecular complexity index is 1390. The standard InChI is InChI=1S/C26H19Cl3N4O3/c27-26(28,29)25(32-24(35)22-7-3-5-18-4-1-2-6-21(18)22)36-20-10-8-17(9-11-20)16-31-33-23(34)19-12-14-30-15-13-19/h1-16,25H,(H,32,35)(H,33,34)/b31-16-/t25-/m1/s1. The van der Waals surface area contributed by atoms with Gasteiger partial charge in [0.2, 0.25) is 10.0 Å². The molecule has 2 N–H and O–H groups in total. The highest BCUT2D eigenvalue weighted by molar-refractivity contribution is 6.68. The number of hydrogen-bond acceptors (Lipinski definition) is 5. The van der Waals surface area contributed by atoms with Gasteiger partial charge in [0.1, 0.15) is 5.75 Å². The van der Waals surface area contributed by atoms with Crippen molar-refractivity contribution in [1.82, 2.24) is 15.7 Å². The van der Waals surface area contributed by atoms with Crippen molar-refractivity contribution in [3.05, 3.63) is 108 Å². The number of benzene rings is 3. The Kier molecular flexibility index (Phi) is 8.05. The molecule has 10 heteroatoms. The summed E-state index contributed by atoms with van der Waals surface area (Å²) < 4.78 is 3.84. The lowest BCUT2D eigenvalue weighted by Gasteiger charge is -2.26. The van der Waals surface area contributed by atoms with Crippen molar-refractivity contribution in [1.29, 1.82) is 0 Å². The van der Waals surface area contributed by atoms with Crippen LogP contribution in [0.2, 0.25) is 0 Å². The molecule has 2 amide bonds. The van der Waals surface area contributed by atoms with Crippen LogP contribution < -0.4 is 15.5 Å². The Balaban J connectivity index is 1.42. The van der Waals surface area contributed by atoms with E-state index in [9.17, 15) is 9.59 Å². The number of pyridine rings is 1. The molecule has 0 spiro atoms. The first-order valence-corrected chi connectivity index (χ1v) is 11.8. The Labute approximate surface area is 222 Å². The lowest BCUT2D eigenvalue weighted by molar-refractivity contribution is 0.0834. The van der Waals surface area contributed by atoms with E-state index in [0.717, 1.165) is 10.8 Å². The van der Waals surface area contributed by atoms with Crippen molar-refractivity contribution in [2.45, 2.75) is 10.0 Å². The fourth-order valence-corrected chi connectivity index (χ4v) is 3.60. The van der Waals surface area contributed by atoms with Crippen LogP contribution in [0.3, 0.4) is 0 Å². The molecule has 1 atom stereocenters. The number of hydrazone groups is 1. The molecule has 36 heavy (non-hydrogen) atoms. The molecule has 1 aromatic heterocycles. The number of nitrogens with zero attached hydrogens (tertiary/aromatic N) is 2. The minimum Gasteiger partial charge on any atom is -0.466 e. The summed E-state index contributed by atoms with van der Waals surface area (Å²) in [4.78, 5) is 28.9. The van der Waals surface area contributed by atoms with E-state index in [1.54, 1.807) is 48.5 Å². The van der Waals surface area contributed by atoms with Crippen molar-refractivity contribution in [3.63, 3.8) is 0 Å². The summed E-state index contributed by atoms with van der Waals surface area (Å²) in [6.07, 6.45) is 3.24. The maximum Gasteiger partial charge on any atom is 0.271 e. The van der Waals surface area contributed by atoms with E-state index in [-0.39, 0.29) is 5.91 Å². The van der Waals surface area contributed by atoms with E-state index in [2.05, 4.69) is 20.8 Å². The number of halogens is 3. The third kappa shape index (κ3) is 6.51. The normalized spacial score (nSPS) is 12.3. The molecule has 3 aromatic carbocycles. The zero-order valence-corrected chi connectivity index (χ0v) is 20.8. The molecule has 0 aliphatic heterocycles. The second kappa shape index (κ2) is 11.4. The van der Waals surface area contributed by atoms with Gasteiger partial charge in [0.15, 0.2) is 0 Å². The fourth-order valence-electron chi connectivity index (χ4n) is 3.30.